The van der Waals surface area contributed by atoms with E-state index in [-0.39, 0.29) is 17.7 Å². The third-order valence-corrected chi connectivity index (χ3v) is 4.78. The predicted molar refractivity (Wildman–Crippen MR) is 102 cm³/mol. The summed E-state index contributed by atoms with van der Waals surface area (Å²) in [5.74, 6) is 0.423. The Bertz CT molecular complexity index is 826. The van der Waals surface area contributed by atoms with Gasteiger partial charge in [-0.3, -0.25) is 9.59 Å². The molecule has 1 aliphatic rings. The van der Waals surface area contributed by atoms with Gasteiger partial charge in [0.25, 0.3) is 0 Å². The summed E-state index contributed by atoms with van der Waals surface area (Å²) < 4.78 is 5.17. The zero-order chi connectivity index (χ0) is 18.7. The number of hydrogen-bond acceptors (Lipinski definition) is 3. The Balaban J connectivity index is 1.74. The summed E-state index contributed by atoms with van der Waals surface area (Å²) in [5.41, 5.74) is 1.46. The molecule has 136 valence electrons. The zero-order valence-electron chi connectivity index (χ0n) is 15.3. The third-order valence-electron chi connectivity index (χ3n) is 4.78. The average Bonchev–Trinajstić information content (AvgIpc) is 3.44. The second kappa shape index (κ2) is 7.20. The molecule has 3 rings (SSSR count). The molecule has 0 unspecified atom stereocenters. The smallest absolute Gasteiger partial charge is 0.240 e. The van der Waals surface area contributed by atoms with Crippen LogP contribution < -0.4 is 15.4 Å². The molecule has 1 aliphatic carbocycles. The maximum atomic E-state index is 12.8. The van der Waals surface area contributed by atoms with E-state index in [0.717, 1.165) is 11.3 Å². The van der Waals surface area contributed by atoms with E-state index < -0.39 is 5.41 Å². The number of rotatable bonds is 6. The van der Waals surface area contributed by atoms with Gasteiger partial charge in [0.1, 0.15) is 11.2 Å². The summed E-state index contributed by atoms with van der Waals surface area (Å²) in [6.45, 7) is 4.15. The van der Waals surface area contributed by atoms with E-state index in [1.807, 2.05) is 24.3 Å². The average molecular weight is 352 g/mol. The minimum Gasteiger partial charge on any atom is -0.497 e. The lowest BCUT2D eigenvalue weighted by molar-refractivity contribution is -0.131. The first-order valence-corrected chi connectivity index (χ1v) is 8.82. The van der Waals surface area contributed by atoms with Crippen molar-refractivity contribution in [1.29, 1.82) is 0 Å². The third kappa shape index (κ3) is 3.57. The molecule has 2 aromatic carbocycles. The highest BCUT2D eigenvalue weighted by Crippen LogP contribution is 2.47. The van der Waals surface area contributed by atoms with Gasteiger partial charge in [0, 0.05) is 17.4 Å². The number of hydrogen-bond donors (Lipinski definition) is 2. The van der Waals surface area contributed by atoms with Gasteiger partial charge < -0.3 is 15.4 Å². The fourth-order valence-electron chi connectivity index (χ4n) is 2.99. The highest BCUT2D eigenvalue weighted by atomic mass is 16.5. The van der Waals surface area contributed by atoms with E-state index in [4.69, 9.17) is 4.74 Å². The Labute approximate surface area is 153 Å². The van der Waals surface area contributed by atoms with Crippen LogP contribution in [0.3, 0.4) is 0 Å². The van der Waals surface area contributed by atoms with Crippen LogP contribution in [0.2, 0.25) is 0 Å². The molecule has 0 saturated heterocycles. The lowest BCUT2D eigenvalue weighted by Gasteiger charge is -2.18. The molecular weight excluding hydrogens is 328 g/mol. The maximum Gasteiger partial charge on any atom is 0.240 e. The van der Waals surface area contributed by atoms with E-state index in [1.54, 1.807) is 31.4 Å². The first kappa shape index (κ1) is 18.0. The monoisotopic (exact) mass is 352 g/mol. The molecule has 0 aliphatic heterocycles. The minimum atomic E-state index is -0.993. The van der Waals surface area contributed by atoms with Crippen molar-refractivity contribution in [2.75, 3.05) is 17.7 Å². The second-order valence-electron chi connectivity index (χ2n) is 6.96. The molecule has 0 bridgehead atoms. The van der Waals surface area contributed by atoms with Gasteiger partial charge in [-0.2, -0.15) is 0 Å². The van der Waals surface area contributed by atoms with Gasteiger partial charge >= 0.3 is 0 Å². The molecule has 0 heterocycles. The first-order chi connectivity index (χ1) is 12.5. The Morgan fingerprint density at radius 1 is 1.00 bits per heavy atom. The number of amides is 2. The summed E-state index contributed by atoms with van der Waals surface area (Å²) in [6.07, 6.45) is 1.11. The molecule has 1 saturated carbocycles. The maximum absolute atomic E-state index is 12.8. The largest absolute Gasteiger partial charge is 0.497 e. The van der Waals surface area contributed by atoms with Crippen LogP contribution in [0.4, 0.5) is 11.4 Å². The second-order valence-corrected chi connectivity index (χ2v) is 6.96. The highest BCUT2D eigenvalue weighted by molar-refractivity contribution is 6.17. The fourth-order valence-corrected chi connectivity index (χ4v) is 2.99. The Morgan fingerprint density at radius 2 is 1.69 bits per heavy atom. The van der Waals surface area contributed by atoms with Gasteiger partial charge in [-0.25, -0.2) is 0 Å². The Hall–Kier alpha value is -2.82. The number of nitrogens with one attached hydrogen (secondary N) is 2. The summed E-state index contributed by atoms with van der Waals surface area (Å²) in [6, 6.07) is 14.8. The summed E-state index contributed by atoms with van der Waals surface area (Å²) in [5, 5.41) is 5.80. The van der Waals surface area contributed by atoms with Crippen LogP contribution in [0.25, 0.3) is 0 Å². The first-order valence-electron chi connectivity index (χ1n) is 8.82. The van der Waals surface area contributed by atoms with Crippen LogP contribution in [0.5, 0.6) is 5.75 Å². The molecule has 1 fully saturated rings. The number of anilines is 2. The molecule has 0 atom stereocenters. The van der Waals surface area contributed by atoms with Crippen molar-refractivity contribution in [3.63, 3.8) is 0 Å². The Kier molecular flexibility index (Phi) is 4.98. The molecule has 5 heteroatoms. The molecule has 2 amide bonds. The van der Waals surface area contributed by atoms with Crippen LogP contribution in [-0.2, 0) is 9.59 Å². The van der Waals surface area contributed by atoms with E-state index in [2.05, 4.69) is 24.5 Å². The normalized spacial score (nSPS) is 14.6. The van der Waals surface area contributed by atoms with Crippen LogP contribution in [0.1, 0.15) is 38.2 Å². The molecule has 0 spiro atoms. The number of carbonyl (C=O) groups excluding carboxylic acids is 2. The van der Waals surface area contributed by atoms with Crippen molar-refractivity contribution in [2.24, 2.45) is 5.41 Å². The van der Waals surface area contributed by atoms with Gasteiger partial charge in [-0.1, -0.05) is 38.1 Å². The van der Waals surface area contributed by atoms with E-state index in [1.165, 1.54) is 0 Å². The van der Waals surface area contributed by atoms with E-state index in [9.17, 15) is 9.59 Å². The number of benzene rings is 2. The van der Waals surface area contributed by atoms with Crippen molar-refractivity contribution >= 4 is 23.2 Å². The van der Waals surface area contributed by atoms with E-state index in [0.29, 0.717) is 24.3 Å². The van der Waals surface area contributed by atoms with Crippen LogP contribution in [0, 0.1) is 5.41 Å². The molecule has 5 nitrogen and oxygen atoms in total. The SMILES string of the molecule is COc1cccc(NC(=O)C2(C(=O)Nc3ccccc3C(C)C)CC2)c1. The minimum absolute atomic E-state index is 0.244. The number of methoxy groups -OCH3 is 1. The number of carbonyl (C=O) groups is 2. The summed E-state index contributed by atoms with van der Waals surface area (Å²) in [7, 11) is 1.57. The van der Waals surface area contributed by atoms with Gasteiger partial charge in [-0.05, 0) is 42.5 Å². The van der Waals surface area contributed by atoms with Gasteiger partial charge in [0.05, 0.1) is 7.11 Å². The zero-order valence-corrected chi connectivity index (χ0v) is 15.3. The predicted octanol–water partition coefficient (Wildman–Crippen LogP) is 4.18. The van der Waals surface area contributed by atoms with Crippen molar-refractivity contribution < 1.29 is 14.3 Å². The number of ether oxygens (including phenoxy) is 1. The lowest BCUT2D eigenvalue weighted by Crippen LogP contribution is -2.35. The lowest BCUT2D eigenvalue weighted by atomic mass is 9.99. The standard InChI is InChI=1S/C21H24N2O3/c1-14(2)17-9-4-5-10-18(17)23-20(25)21(11-12-21)19(24)22-15-7-6-8-16(13-15)26-3/h4-10,13-14H,11-12H2,1-3H3,(H,22,24)(H,23,25). The summed E-state index contributed by atoms with van der Waals surface area (Å²) in [4.78, 5) is 25.6. The Morgan fingerprint density at radius 3 is 2.35 bits per heavy atom. The molecular formula is C21H24N2O3. The molecule has 2 N–H and O–H groups in total. The van der Waals surface area contributed by atoms with Crippen LogP contribution in [-0.4, -0.2) is 18.9 Å². The van der Waals surface area contributed by atoms with Crippen molar-refractivity contribution in [2.45, 2.75) is 32.6 Å². The van der Waals surface area contributed by atoms with Crippen molar-refractivity contribution in [3.8, 4) is 5.75 Å². The molecule has 0 radical (unpaired) electrons. The van der Waals surface area contributed by atoms with Crippen LogP contribution >= 0.6 is 0 Å². The molecule has 26 heavy (non-hydrogen) atoms. The fraction of sp³-hybridized carbons (Fsp3) is 0.333. The van der Waals surface area contributed by atoms with Crippen molar-refractivity contribution in [1.82, 2.24) is 0 Å². The van der Waals surface area contributed by atoms with Crippen LogP contribution in [0.15, 0.2) is 48.5 Å². The quantitative estimate of drug-likeness (QED) is 0.767. The van der Waals surface area contributed by atoms with Gasteiger partial charge in [0.15, 0.2) is 0 Å². The topological polar surface area (TPSA) is 67.4 Å². The molecule has 2 aromatic rings. The summed E-state index contributed by atoms with van der Waals surface area (Å²) >= 11 is 0. The molecule has 0 aromatic heterocycles. The van der Waals surface area contributed by atoms with Crippen molar-refractivity contribution in [3.05, 3.63) is 54.1 Å². The van der Waals surface area contributed by atoms with Gasteiger partial charge in [-0.15, -0.1) is 0 Å². The van der Waals surface area contributed by atoms with Gasteiger partial charge in [0.2, 0.25) is 11.8 Å². The van der Waals surface area contributed by atoms with E-state index >= 15 is 0 Å². The number of para-hydroxylation sites is 1. The highest BCUT2D eigenvalue weighted by Gasteiger charge is 2.56.